The summed E-state index contributed by atoms with van der Waals surface area (Å²) in [7, 11) is 0. The third-order valence-corrected chi connectivity index (χ3v) is 3.89. The predicted octanol–water partition coefficient (Wildman–Crippen LogP) is 3.03. The third-order valence-electron chi connectivity index (χ3n) is 3.89. The van der Waals surface area contributed by atoms with E-state index in [1.54, 1.807) is 0 Å². The molecule has 0 radical (unpaired) electrons. The summed E-state index contributed by atoms with van der Waals surface area (Å²) >= 11 is 0. The average molecular weight is 276 g/mol. The summed E-state index contributed by atoms with van der Waals surface area (Å²) in [5, 5.41) is 3.05. The van der Waals surface area contributed by atoms with Gasteiger partial charge in [-0.15, -0.1) is 0 Å². The van der Waals surface area contributed by atoms with Crippen LogP contribution in [0.15, 0.2) is 30.3 Å². The molecular formula is C17H28N2O. The number of likely N-dealkylation sites (N-methyl/N-ethyl adjacent to an activating group) is 1. The molecule has 1 amide bonds. The maximum absolute atomic E-state index is 12.0. The van der Waals surface area contributed by atoms with Crippen LogP contribution in [0.1, 0.15) is 45.6 Å². The van der Waals surface area contributed by atoms with Gasteiger partial charge >= 0.3 is 0 Å². The van der Waals surface area contributed by atoms with E-state index in [1.807, 2.05) is 18.2 Å². The fourth-order valence-electron chi connectivity index (χ4n) is 2.49. The summed E-state index contributed by atoms with van der Waals surface area (Å²) in [5.41, 5.74) is 1.22. The Balaban J connectivity index is 2.37. The lowest BCUT2D eigenvalue weighted by Crippen LogP contribution is -2.42. The van der Waals surface area contributed by atoms with Crippen molar-refractivity contribution in [2.45, 2.75) is 46.1 Å². The Morgan fingerprint density at radius 3 is 2.30 bits per heavy atom. The van der Waals surface area contributed by atoms with Crippen LogP contribution in [-0.2, 0) is 4.79 Å². The summed E-state index contributed by atoms with van der Waals surface area (Å²) in [5.74, 6) is 0.403. The van der Waals surface area contributed by atoms with Crippen molar-refractivity contribution in [2.75, 3.05) is 19.6 Å². The van der Waals surface area contributed by atoms with Gasteiger partial charge in [-0.25, -0.2) is 0 Å². The van der Waals surface area contributed by atoms with Gasteiger partial charge in [0.25, 0.3) is 0 Å². The summed E-state index contributed by atoms with van der Waals surface area (Å²) < 4.78 is 0. The monoisotopic (exact) mass is 276 g/mol. The van der Waals surface area contributed by atoms with Crippen molar-refractivity contribution in [2.24, 2.45) is 0 Å². The number of carbonyl (C=O) groups is 1. The standard InChI is InChI=1S/C17H28N2O/c1-5-19(6-2)15(4)13-18-17(20)12-14(3)16-10-8-7-9-11-16/h7-11,14-15H,5-6,12-13H2,1-4H3,(H,18,20). The van der Waals surface area contributed by atoms with Gasteiger partial charge in [0.1, 0.15) is 0 Å². The highest BCUT2D eigenvalue weighted by atomic mass is 16.1. The van der Waals surface area contributed by atoms with Crippen LogP contribution in [0.2, 0.25) is 0 Å². The van der Waals surface area contributed by atoms with Crippen molar-refractivity contribution in [3.05, 3.63) is 35.9 Å². The minimum atomic E-state index is 0.139. The Morgan fingerprint density at radius 2 is 1.75 bits per heavy atom. The maximum Gasteiger partial charge on any atom is 0.220 e. The molecule has 0 spiro atoms. The normalized spacial score (nSPS) is 14.1. The Morgan fingerprint density at radius 1 is 1.15 bits per heavy atom. The first-order valence-electron chi connectivity index (χ1n) is 7.64. The van der Waals surface area contributed by atoms with E-state index < -0.39 is 0 Å². The minimum absolute atomic E-state index is 0.139. The van der Waals surface area contributed by atoms with Crippen molar-refractivity contribution >= 4 is 5.91 Å². The Bertz CT molecular complexity index is 387. The van der Waals surface area contributed by atoms with E-state index in [-0.39, 0.29) is 11.8 Å². The number of nitrogens with one attached hydrogen (secondary N) is 1. The first-order chi connectivity index (χ1) is 9.58. The van der Waals surface area contributed by atoms with Crippen molar-refractivity contribution in [1.29, 1.82) is 0 Å². The van der Waals surface area contributed by atoms with Gasteiger partial charge in [-0.05, 0) is 31.5 Å². The molecule has 0 saturated heterocycles. The molecule has 0 aliphatic heterocycles. The van der Waals surface area contributed by atoms with Crippen LogP contribution in [0, 0.1) is 0 Å². The first-order valence-corrected chi connectivity index (χ1v) is 7.64. The zero-order valence-corrected chi connectivity index (χ0v) is 13.2. The highest BCUT2D eigenvalue weighted by Crippen LogP contribution is 2.17. The molecule has 0 saturated carbocycles. The van der Waals surface area contributed by atoms with Crippen LogP contribution >= 0.6 is 0 Å². The number of hydrogen-bond acceptors (Lipinski definition) is 2. The number of amides is 1. The molecule has 1 aromatic carbocycles. The molecule has 0 aromatic heterocycles. The summed E-state index contributed by atoms with van der Waals surface area (Å²) in [6.45, 7) is 11.3. The van der Waals surface area contributed by atoms with Crippen LogP contribution in [0.25, 0.3) is 0 Å². The molecule has 2 atom stereocenters. The lowest BCUT2D eigenvalue weighted by Gasteiger charge is -2.26. The second kappa shape index (κ2) is 8.75. The number of hydrogen-bond donors (Lipinski definition) is 1. The van der Waals surface area contributed by atoms with E-state index in [0.29, 0.717) is 12.5 Å². The van der Waals surface area contributed by atoms with Gasteiger partial charge in [0.15, 0.2) is 0 Å². The van der Waals surface area contributed by atoms with Gasteiger partial charge in [0.2, 0.25) is 5.91 Å². The summed E-state index contributed by atoms with van der Waals surface area (Å²) in [4.78, 5) is 14.3. The molecule has 1 aromatic rings. The largest absolute Gasteiger partial charge is 0.355 e. The lowest BCUT2D eigenvalue weighted by molar-refractivity contribution is -0.121. The van der Waals surface area contributed by atoms with Crippen molar-refractivity contribution < 1.29 is 4.79 Å². The lowest BCUT2D eigenvalue weighted by atomic mass is 9.97. The van der Waals surface area contributed by atoms with Crippen LogP contribution in [0.5, 0.6) is 0 Å². The van der Waals surface area contributed by atoms with Crippen LogP contribution in [0.3, 0.4) is 0 Å². The molecular weight excluding hydrogens is 248 g/mol. The molecule has 0 fully saturated rings. The van der Waals surface area contributed by atoms with Crippen LogP contribution in [0.4, 0.5) is 0 Å². The fraction of sp³-hybridized carbons (Fsp3) is 0.588. The topological polar surface area (TPSA) is 32.3 Å². The molecule has 1 N–H and O–H groups in total. The third kappa shape index (κ3) is 5.33. The molecule has 20 heavy (non-hydrogen) atoms. The van der Waals surface area contributed by atoms with E-state index in [2.05, 4.69) is 50.0 Å². The highest BCUT2D eigenvalue weighted by molar-refractivity contribution is 5.76. The van der Waals surface area contributed by atoms with E-state index >= 15 is 0 Å². The molecule has 1 rings (SSSR count). The zero-order chi connectivity index (χ0) is 15.0. The predicted molar refractivity (Wildman–Crippen MR) is 84.9 cm³/mol. The smallest absolute Gasteiger partial charge is 0.220 e. The molecule has 3 nitrogen and oxygen atoms in total. The van der Waals surface area contributed by atoms with Crippen LogP contribution in [-0.4, -0.2) is 36.5 Å². The van der Waals surface area contributed by atoms with Gasteiger partial charge in [-0.1, -0.05) is 51.1 Å². The van der Waals surface area contributed by atoms with Crippen molar-refractivity contribution in [1.82, 2.24) is 10.2 Å². The van der Waals surface area contributed by atoms with Gasteiger partial charge in [-0.2, -0.15) is 0 Å². The Labute approximate surface area is 123 Å². The van der Waals surface area contributed by atoms with E-state index in [1.165, 1.54) is 5.56 Å². The number of rotatable bonds is 8. The Hall–Kier alpha value is -1.35. The fourth-order valence-corrected chi connectivity index (χ4v) is 2.49. The zero-order valence-electron chi connectivity index (χ0n) is 13.2. The van der Waals surface area contributed by atoms with Gasteiger partial charge < -0.3 is 5.32 Å². The maximum atomic E-state index is 12.0. The molecule has 3 heteroatoms. The highest BCUT2D eigenvalue weighted by Gasteiger charge is 2.14. The van der Waals surface area contributed by atoms with E-state index in [4.69, 9.17) is 0 Å². The van der Waals surface area contributed by atoms with Crippen LogP contribution < -0.4 is 5.32 Å². The van der Waals surface area contributed by atoms with Crippen molar-refractivity contribution in [3.63, 3.8) is 0 Å². The molecule has 112 valence electrons. The SMILES string of the molecule is CCN(CC)C(C)CNC(=O)CC(C)c1ccccc1. The molecule has 0 aliphatic carbocycles. The van der Waals surface area contributed by atoms with Crippen molar-refractivity contribution in [3.8, 4) is 0 Å². The molecule has 0 aliphatic rings. The van der Waals surface area contributed by atoms with Gasteiger partial charge in [0, 0.05) is 19.0 Å². The average Bonchev–Trinajstić information content (AvgIpc) is 2.47. The number of nitrogens with zero attached hydrogens (tertiary/aromatic N) is 1. The second-order valence-electron chi connectivity index (χ2n) is 5.39. The first kappa shape index (κ1) is 16.7. The molecule has 2 unspecified atom stereocenters. The van der Waals surface area contributed by atoms with Gasteiger partial charge in [0.05, 0.1) is 0 Å². The quantitative estimate of drug-likeness (QED) is 0.791. The number of benzene rings is 1. The Kier molecular flexibility index (Phi) is 7.31. The van der Waals surface area contributed by atoms with E-state index in [0.717, 1.165) is 19.6 Å². The minimum Gasteiger partial charge on any atom is -0.355 e. The molecule has 0 heterocycles. The second-order valence-corrected chi connectivity index (χ2v) is 5.39. The van der Waals surface area contributed by atoms with Gasteiger partial charge in [-0.3, -0.25) is 9.69 Å². The summed E-state index contributed by atoms with van der Waals surface area (Å²) in [6.07, 6.45) is 0.551. The summed E-state index contributed by atoms with van der Waals surface area (Å²) in [6, 6.07) is 10.6. The molecule has 0 bridgehead atoms. The van der Waals surface area contributed by atoms with E-state index in [9.17, 15) is 4.79 Å². The number of carbonyl (C=O) groups excluding carboxylic acids is 1.